The highest BCUT2D eigenvalue weighted by Crippen LogP contribution is 2.30. The van der Waals surface area contributed by atoms with E-state index in [2.05, 4.69) is 0 Å². The minimum Gasteiger partial charge on any atom is -0.454 e. The van der Waals surface area contributed by atoms with Crippen molar-refractivity contribution < 1.29 is 17.9 Å². The summed E-state index contributed by atoms with van der Waals surface area (Å²) in [5.41, 5.74) is 0.432. The van der Waals surface area contributed by atoms with Crippen molar-refractivity contribution in [2.45, 2.75) is 5.88 Å². The van der Waals surface area contributed by atoms with Gasteiger partial charge in [-0.05, 0) is 18.2 Å². The average Bonchev–Trinajstić information content (AvgIpc) is 2.36. The SMILES string of the molecule is Fc1ccc(Oc2c(F)cccc2CCl)cc1F. The highest BCUT2D eigenvalue weighted by molar-refractivity contribution is 6.17. The van der Waals surface area contributed by atoms with Gasteiger partial charge in [-0.15, -0.1) is 11.6 Å². The topological polar surface area (TPSA) is 9.23 Å². The van der Waals surface area contributed by atoms with Crippen LogP contribution in [0.3, 0.4) is 0 Å². The second kappa shape index (κ2) is 5.31. The zero-order valence-corrected chi connectivity index (χ0v) is 9.85. The summed E-state index contributed by atoms with van der Waals surface area (Å²) < 4.78 is 44.5. The molecule has 18 heavy (non-hydrogen) atoms. The van der Waals surface area contributed by atoms with Crippen molar-refractivity contribution in [2.75, 3.05) is 0 Å². The summed E-state index contributed by atoms with van der Waals surface area (Å²) in [6, 6.07) is 7.25. The summed E-state index contributed by atoms with van der Waals surface area (Å²) in [7, 11) is 0. The first-order chi connectivity index (χ1) is 8.61. The van der Waals surface area contributed by atoms with E-state index < -0.39 is 17.5 Å². The maximum absolute atomic E-state index is 13.6. The number of alkyl halides is 1. The van der Waals surface area contributed by atoms with Crippen molar-refractivity contribution in [3.8, 4) is 11.5 Å². The van der Waals surface area contributed by atoms with Crippen molar-refractivity contribution in [3.63, 3.8) is 0 Å². The van der Waals surface area contributed by atoms with E-state index in [-0.39, 0.29) is 17.4 Å². The first kappa shape index (κ1) is 12.8. The van der Waals surface area contributed by atoms with Gasteiger partial charge in [-0.2, -0.15) is 0 Å². The van der Waals surface area contributed by atoms with E-state index >= 15 is 0 Å². The second-order valence-electron chi connectivity index (χ2n) is 3.54. The molecule has 0 spiro atoms. The maximum atomic E-state index is 13.6. The fourth-order valence-corrected chi connectivity index (χ4v) is 1.64. The van der Waals surface area contributed by atoms with Gasteiger partial charge in [0.25, 0.3) is 0 Å². The molecule has 0 fully saturated rings. The molecule has 2 aromatic rings. The molecule has 0 heterocycles. The van der Waals surface area contributed by atoms with E-state index in [4.69, 9.17) is 16.3 Å². The molecule has 94 valence electrons. The highest BCUT2D eigenvalue weighted by Gasteiger charge is 2.11. The van der Waals surface area contributed by atoms with Crippen LogP contribution in [0.4, 0.5) is 13.2 Å². The summed E-state index contributed by atoms with van der Waals surface area (Å²) in [6.07, 6.45) is 0. The third-order valence-corrected chi connectivity index (χ3v) is 2.59. The molecule has 0 saturated carbocycles. The Balaban J connectivity index is 2.36. The summed E-state index contributed by atoms with van der Waals surface area (Å²) in [4.78, 5) is 0. The Kier molecular flexibility index (Phi) is 3.77. The number of hydrogen-bond acceptors (Lipinski definition) is 1. The molecule has 2 rings (SSSR count). The van der Waals surface area contributed by atoms with Crippen LogP contribution >= 0.6 is 11.6 Å². The number of halogens is 4. The van der Waals surface area contributed by atoms with Gasteiger partial charge < -0.3 is 4.74 Å². The lowest BCUT2D eigenvalue weighted by Gasteiger charge is -2.10. The fourth-order valence-electron chi connectivity index (χ4n) is 1.43. The van der Waals surface area contributed by atoms with Gasteiger partial charge >= 0.3 is 0 Å². The van der Waals surface area contributed by atoms with Gasteiger partial charge in [-0.3, -0.25) is 0 Å². The molecule has 0 aromatic heterocycles. The van der Waals surface area contributed by atoms with Crippen molar-refractivity contribution in [3.05, 3.63) is 59.4 Å². The molecular formula is C13H8ClF3O. The predicted octanol–water partition coefficient (Wildman–Crippen LogP) is 4.64. The lowest BCUT2D eigenvalue weighted by atomic mass is 10.2. The minimum absolute atomic E-state index is 0.00497. The van der Waals surface area contributed by atoms with Crippen LogP contribution in [0.25, 0.3) is 0 Å². The molecule has 0 aliphatic heterocycles. The maximum Gasteiger partial charge on any atom is 0.167 e. The first-order valence-corrected chi connectivity index (χ1v) is 5.61. The Bertz CT molecular complexity index is 572. The largest absolute Gasteiger partial charge is 0.454 e. The van der Waals surface area contributed by atoms with Gasteiger partial charge in [-0.1, -0.05) is 12.1 Å². The van der Waals surface area contributed by atoms with Crippen molar-refractivity contribution >= 4 is 11.6 Å². The molecule has 0 bridgehead atoms. The molecular weight excluding hydrogens is 265 g/mol. The molecule has 1 nitrogen and oxygen atoms in total. The third-order valence-electron chi connectivity index (χ3n) is 2.30. The van der Waals surface area contributed by atoms with Crippen molar-refractivity contribution in [1.29, 1.82) is 0 Å². The number of hydrogen-bond donors (Lipinski definition) is 0. The molecule has 0 radical (unpaired) electrons. The van der Waals surface area contributed by atoms with Gasteiger partial charge in [0.2, 0.25) is 0 Å². The zero-order chi connectivity index (χ0) is 13.1. The van der Waals surface area contributed by atoms with Crippen molar-refractivity contribution in [1.82, 2.24) is 0 Å². The van der Waals surface area contributed by atoms with E-state index in [0.29, 0.717) is 5.56 Å². The van der Waals surface area contributed by atoms with Crippen LogP contribution in [0.15, 0.2) is 36.4 Å². The van der Waals surface area contributed by atoms with Gasteiger partial charge in [0.15, 0.2) is 23.2 Å². The van der Waals surface area contributed by atoms with Crippen LogP contribution in [0.5, 0.6) is 11.5 Å². The van der Waals surface area contributed by atoms with E-state index in [9.17, 15) is 13.2 Å². The van der Waals surface area contributed by atoms with Gasteiger partial charge in [0, 0.05) is 11.6 Å². The third kappa shape index (κ3) is 2.59. The van der Waals surface area contributed by atoms with Gasteiger partial charge in [-0.25, -0.2) is 13.2 Å². The van der Waals surface area contributed by atoms with Crippen LogP contribution in [0.2, 0.25) is 0 Å². The summed E-state index contributed by atoms with van der Waals surface area (Å²) in [5.74, 6) is -2.69. The molecule has 0 aliphatic carbocycles. The number of rotatable bonds is 3. The molecule has 0 amide bonds. The monoisotopic (exact) mass is 272 g/mol. The summed E-state index contributed by atoms with van der Waals surface area (Å²) in [5, 5.41) is 0. The normalized spacial score (nSPS) is 10.4. The quantitative estimate of drug-likeness (QED) is 0.740. The number of para-hydroxylation sites is 1. The van der Waals surface area contributed by atoms with Crippen LogP contribution in [-0.2, 0) is 5.88 Å². The van der Waals surface area contributed by atoms with E-state index in [0.717, 1.165) is 12.1 Å². The molecule has 0 N–H and O–H groups in total. The predicted molar refractivity (Wildman–Crippen MR) is 62.4 cm³/mol. The molecule has 0 unspecified atom stereocenters. The Labute approximate surface area is 107 Å². The summed E-state index contributed by atoms with van der Waals surface area (Å²) >= 11 is 5.65. The average molecular weight is 273 g/mol. The van der Waals surface area contributed by atoms with E-state index in [1.807, 2.05) is 0 Å². The Morgan fingerprint density at radius 2 is 1.72 bits per heavy atom. The molecule has 0 atom stereocenters. The Hall–Kier alpha value is -1.68. The summed E-state index contributed by atoms with van der Waals surface area (Å²) in [6.45, 7) is 0. The van der Waals surface area contributed by atoms with E-state index in [1.165, 1.54) is 18.2 Å². The fraction of sp³-hybridized carbons (Fsp3) is 0.0769. The van der Waals surface area contributed by atoms with Crippen molar-refractivity contribution in [2.24, 2.45) is 0 Å². The smallest absolute Gasteiger partial charge is 0.167 e. The van der Waals surface area contributed by atoms with E-state index in [1.54, 1.807) is 6.07 Å². The Morgan fingerprint density at radius 1 is 0.944 bits per heavy atom. The first-order valence-electron chi connectivity index (χ1n) is 5.08. The van der Waals surface area contributed by atoms with Crippen LogP contribution < -0.4 is 4.74 Å². The lowest BCUT2D eigenvalue weighted by Crippen LogP contribution is -1.94. The second-order valence-corrected chi connectivity index (χ2v) is 3.81. The number of ether oxygens (including phenoxy) is 1. The molecule has 0 saturated heterocycles. The number of benzene rings is 2. The molecule has 2 aromatic carbocycles. The van der Waals surface area contributed by atoms with Crippen LogP contribution in [0, 0.1) is 17.5 Å². The molecule has 0 aliphatic rings. The van der Waals surface area contributed by atoms with Crippen LogP contribution in [0.1, 0.15) is 5.56 Å². The molecule has 5 heteroatoms. The highest BCUT2D eigenvalue weighted by atomic mass is 35.5. The van der Waals surface area contributed by atoms with Gasteiger partial charge in [0.05, 0.1) is 5.88 Å². The minimum atomic E-state index is -1.06. The lowest BCUT2D eigenvalue weighted by molar-refractivity contribution is 0.429. The zero-order valence-electron chi connectivity index (χ0n) is 9.09. The Morgan fingerprint density at radius 3 is 2.39 bits per heavy atom. The standard InChI is InChI=1S/C13H8ClF3O/c14-7-8-2-1-3-11(16)13(8)18-9-4-5-10(15)12(17)6-9/h1-6H,7H2. The van der Waals surface area contributed by atoms with Gasteiger partial charge in [0.1, 0.15) is 5.75 Å². The van der Waals surface area contributed by atoms with Crippen LogP contribution in [-0.4, -0.2) is 0 Å².